The number of benzene rings is 1. The standard InChI is InChI=1S/C17H18N6O3/c24-15(20-10-1-2-13-14(7-10)22-17(26)21-13)8-23-9-19-12-4-6-18-5-3-11(12)16(23)25/h1-2,7,9,18H,3-6,8H2,(H,20,24)(H2,21,22,26). The molecule has 2 aromatic heterocycles. The van der Waals surface area contributed by atoms with Crippen molar-refractivity contribution in [3.05, 3.63) is 56.6 Å². The molecule has 0 saturated heterocycles. The largest absolute Gasteiger partial charge is 0.324 e. The van der Waals surface area contributed by atoms with Gasteiger partial charge < -0.3 is 20.6 Å². The van der Waals surface area contributed by atoms with Crippen molar-refractivity contribution < 1.29 is 4.79 Å². The molecule has 1 aromatic carbocycles. The van der Waals surface area contributed by atoms with Crippen LogP contribution in [0.5, 0.6) is 0 Å². The van der Waals surface area contributed by atoms with Crippen molar-refractivity contribution in [2.24, 2.45) is 0 Å². The molecule has 0 bridgehead atoms. The molecule has 0 atom stereocenters. The Morgan fingerprint density at radius 1 is 1.15 bits per heavy atom. The molecule has 1 aliphatic heterocycles. The second-order valence-electron chi connectivity index (χ2n) is 6.24. The Bertz CT molecular complexity index is 1090. The molecule has 1 amide bonds. The molecule has 0 radical (unpaired) electrons. The zero-order valence-corrected chi connectivity index (χ0v) is 14.0. The van der Waals surface area contributed by atoms with E-state index < -0.39 is 0 Å². The summed E-state index contributed by atoms with van der Waals surface area (Å²) in [5.41, 5.74) is 2.81. The second kappa shape index (κ2) is 6.60. The molecule has 4 N–H and O–H groups in total. The van der Waals surface area contributed by atoms with E-state index in [2.05, 4.69) is 25.6 Å². The fourth-order valence-corrected chi connectivity index (χ4v) is 3.16. The van der Waals surface area contributed by atoms with Crippen molar-refractivity contribution in [2.75, 3.05) is 18.4 Å². The van der Waals surface area contributed by atoms with E-state index in [9.17, 15) is 14.4 Å². The molecule has 0 aliphatic carbocycles. The predicted molar refractivity (Wildman–Crippen MR) is 96.3 cm³/mol. The fourth-order valence-electron chi connectivity index (χ4n) is 3.16. The van der Waals surface area contributed by atoms with Crippen LogP contribution in [0.25, 0.3) is 11.0 Å². The number of amides is 1. The molecule has 134 valence electrons. The molecular formula is C17H18N6O3. The number of fused-ring (bicyclic) bond motifs is 2. The SMILES string of the molecule is O=C(Cn1cnc2c(c1=O)CCNCC2)Nc1ccc2[nH]c(=O)[nH]c2c1. The summed E-state index contributed by atoms with van der Waals surface area (Å²) in [6.45, 7) is 1.41. The van der Waals surface area contributed by atoms with Crippen LogP contribution in [-0.2, 0) is 24.2 Å². The number of H-pyrrole nitrogens is 2. The molecule has 0 unspecified atom stereocenters. The third-order valence-electron chi connectivity index (χ3n) is 4.42. The van der Waals surface area contributed by atoms with Gasteiger partial charge in [-0.1, -0.05) is 0 Å². The van der Waals surface area contributed by atoms with Gasteiger partial charge in [-0.2, -0.15) is 0 Å². The maximum atomic E-state index is 12.6. The van der Waals surface area contributed by atoms with Crippen LogP contribution < -0.4 is 21.9 Å². The van der Waals surface area contributed by atoms with E-state index in [1.807, 2.05) is 0 Å². The van der Waals surface area contributed by atoms with Crippen molar-refractivity contribution in [1.82, 2.24) is 24.8 Å². The predicted octanol–water partition coefficient (Wildman–Crippen LogP) is -0.260. The van der Waals surface area contributed by atoms with Crippen LogP contribution in [0.2, 0.25) is 0 Å². The summed E-state index contributed by atoms with van der Waals surface area (Å²) in [4.78, 5) is 45.8. The highest BCUT2D eigenvalue weighted by Crippen LogP contribution is 2.14. The average Bonchev–Trinajstić information content (AvgIpc) is 2.82. The summed E-state index contributed by atoms with van der Waals surface area (Å²) in [5, 5.41) is 5.97. The Morgan fingerprint density at radius 3 is 2.85 bits per heavy atom. The lowest BCUT2D eigenvalue weighted by Gasteiger charge is -2.10. The summed E-state index contributed by atoms with van der Waals surface area (Å²) in [7, 11) is 0. The monoisotopic (exact) mass is 354 g/mol. The lowest BCUT2D eigenvalue weighted by Crippen LogP contribution is -2.31. The van der Waals surface area contributed by atoms with Gasteiger partial charge in [-0.25, -0.2) is 9.78 Å². The highest BCUT2D eigenvalue weighted by atomic mass is 16.2. The minimum Gasteiger partial charge on any atom is -0.324 e. The highest BCUT2D eigenvalue weighted by Gasteiger charge is 2.15. The number of carbonyl (C=O) groups excluding carboxylic acids is 1. The van der Waals surface area contributed by atoms with Gasteiger partial charge in [0.2, 0.25) is 5.91 Å². The number of aromatic nitrogens is 4. The van der Waals surface area contributed by atoms with Crippen LogP contribution in [0.1, 0.15) is 11.3 Å². The third kappa shape index (κ3) is 3.16. The zero-order chi connectivity index (χ0) is 18.1. The van der Waals surface area contributed by atoms with E-state index in [0.29, 0.717) is 35.1 Å². The van der Waals surface area contributed by atoms with Gasteiger partial charge in [0.05, 0.1) is 23.1 Å². The molecule has 0 spiro atoms. The number of hydrogen-bond donors (Lipinski definition) is 4. The zero-order valence-electron chi connectivity index (χ0n) is 14.0. The number of aromatic amines is 2. The van der Waals surface area contributed by atoms with Crippen LogP contribution in [0.15, 0.2) is 34.1 Å². The van der Waals surface area contributed by atoms with Crippen molar-refractivity contribution in [3.8, 4) is 0 Å². The Hall–Kier alpha value is -3.20. The first-order valence-corrected chi connectivity index (χ1v) is 8.40. The van der Waals surface area contributed by atoms with Gasteiger partial charge in [0, 0.05) is 24.2 Å². The molecule has 9 nitrogen and oxygen atoms in total. The minimum absolute atomic E-state index is 0.117. The Labute approximate surface area is 147 Å². The van der Waals surface area contributed by atoms with E-state index in [1.54, 1.807) is 18.2 Å². The number of imidazole rings is 1. The van der Waals surface area contributed by atoms with Crippen molar-refractivity contribution in [2.45, 2.75) is 19.4 Å². The maximum absolute atomic E-state index is 12.6. The molecule has 1 aliphatic rings. The number of rotatable bonds is 3. The highest BCUT2D eigenvalue weighted by molar-refractivity contribution is 5.92. The number of carbonyl (C=O) groups is 1. The fraction of sp³-hybridized carbons (Fsp3) is 0.294. The second-order valence-corrected chi connectivity index (χ2v) is 6.24. The van der Waals surface area contributed by atoms with Crippen molar-refractivity contribution in [1.29, 1.82) is 0 Å². The van der Waals surface area contributed by atoms with E-state index >= 15 is 0 Å². The van der Waals surface area contributed by atoms with E-state index in [0.717, 1.165) is 18.8 Å². The van der Waals surface area contributed by atoms with Crippen LogP contribution >= 0.6 is 0 Å². The quantitative estimate of drug-likeness (QED) is 0.516. The lowest BCUT2D eigenvalue weighted by atomic mass is 10.1. The van der Waals surface area contributed by atoms with Crippen LogP contribution in [-0.4, -0.2) is 38.5 Å². The van der Waals surface area contributed by atoms with Gasteiger partial charge in [0.1, 0.15) is 6.54 Å². The lowest BCUT2D eigenvalue weighted by molar-refractivity contribution is -0.116. The minimum atomic E-state index is -0.335. The van der Waals surface area contributed by atoms with E-state index in [-0.39, 0.29) is 23.7 Å². The average molecular weight is 354 g/mol. The van der Waals surface area contributed by atoms with Crippen LogP contribution in [0, 0.1) is 0 Å². The summed E-state index contributed by atoms with van der Waals surface area (Å²) >= 11 is 0. The van der Waals surface area contributed by atoms with Gasteiger partial charge in [-0.15, -0.1) is 0 Å². The molecule has 3 aromatic rings. The first-order chi connectivity index (χ1) is 12.6. The summed E-state index contributed by atoms with van der Waals surface area (Å²) < 4.78 is 1.33. The van der Waals surface area contributed by atoms with Crippen LogP contribution in [0.3, 0.4) is 0 Å². The van der Waals surface area contributed by atoms with E-state index in [1.165, 1.54) is 10.9 Å². The molecule has 26 heavy (non-hydrogen) atoms. The van der Waals surface area contributed by atoms with E-state index in [4.69, 9.17) is 0 Å². The molecular weight excluding hydrogens is 336 g/mol. The molecule has 0 fully saturated rings. The first kappa shape index (κ1) is 16.3. The normalized spacial score (nSPS) is 14.0. The number of anilines is 1. The van der Waals surface area contributed by atoms with Gasteiger partial charge in [0.25, 0.3) is 5.56 Å². The van der Waals surface area contributed by atoms with Crippen LogP contribution in [0.4, 0.5) is 5.69 Å². The number of hydrogen-bond acceptors (Lipinski definition) is 5. The Kier molecular flexibility index (Phi) is 4.13. The van der Waals surface area contributed by atoms with Crippen molar-refractivity contribution in [3.63, 3.8) is 0 Å². The molecule has 0 saturated carbocycles. The molecule has 4 rings (SSSR count). The molecule has 3 heterocycles. The summed E-state index contributed by atoms with van der Waals surface area (Å²) in [6, 6.07) is 5.05. The number of nitrogens with one attached hydrogen (secondary N) is 4. The van der Waals surface area contributed by atoms with Gasteiger partial charge >= 0.3 is 5.69 Å². The smallest absolute Gasteiger partial charge is 0.323 e. The number of nitrogens with zero attached hydrogens (tertiary/aromatic N) is 2. The topological polar surface area (TPSA) is 125 Å². The molecule has 9 heteroatoms. The Morgan fingerprint density at radius 2 is 1.96 bits per heavy atom. The Balaban J connectivity index is 1.53. The maximum Gasteiger partial charge on any atom is 0.323 e. The summed E-state index contributed by atoms with van der Waals surface area (Å²) in [5.74, 6) is -0.335. The van der Waals surface area contributed by atoms with Gasteiger partial charge in [-0.3, -0.25) is 14.2 Å². The first-order valence-electron chi connectivity index (χ1n) is 8.40. The van der Waals surface area contributed by atoms with Crippen molar-refractivity contribution >= 4 is 22.6 Å². The van der Waals surface area contributed by atoms with Gasteiger partial charge in [-0.05, 0) is 31.2 Å². The van der Waals surface area contributed by atoms with Gasteiger partial charge in [0.15, 0.2) is 0 Å². The summed E-state index contributed by atoms with van der Waals surface area (Å²) in [6.07, 6.45) is 2.76. The third-order valence-corrected chi connectivity index (χ3v) is 4.42.